The summed E-state index contributed by atoms with van der Waals surface area (Å²) < 4.78 is 17.1. The number of methoxy groups -OCH3 is 2. The summed E-state index contributed by atoms with van der Waals surface area (Å²) in [5.41, 5.74) is 2.13. The summed E-state index contributed by atoms with van der Waals surface area (Å²) in [5, 5.41) is 0. The number of hydrogen-bond acceptors (Lipinski definition) is 6. The fraction of sp³-hybridized carbons (Fsp3) is 0.421. The van der Waals surface area contributed by atoms with Crippen LogP contribution < -0.4 is 4.74 Å². The van der Waals surface area contributed by atoms with Gasteiger partial charge in [-0.2, -0.15) is 0 Å². The third-order valence-corrected chi connectivity index (χ3v) is 3.99. The molecule has 0 radical (unpaired) electrons. The lowest BCUT2D eigenvalue weighted by molar-refractivity contribution is 0.0465. The molecule has 7 nitrogen and oxygen atoms in total. The lowest BCUT2D eigenvalue weighted by Crippen LogP contribution is -2.10. The minimum absolute atomic E-state index is 0.0143. The molecule has 26 heavy (non-hydrogen) atoms. The van der Waals surface area contributed by atoms with E-state index in [2.05, 4.69) is 11.9 Å². The van der Waals surface area contributed by atoms with Gasteiger partial charge in [-0.25, -0.2) is 9.78 Å². The summed E-state index contributed by atoms with van der Waals surface area (Å²) >= 11 is 0. The Balaban J connectivity index is 2.57. The Hall–Kier alpha value is -2.67. The zero-order valence-corrected chi connectivity index (χ0v) is 15.6. The van der Waals surface area contributed by atoms with Crippen LogP contribution in [0, 0.1) is 6.92 Å². The number of ether oxygens (including phenoxy) is 3. The van der Waals surface area contributed by atoms with E-state index in [0.29, 0.717) is 22.8 Å². The van der Waals surface area contributed by atoms with Crippen molar-refractivity contribution in [3.63, 3.8) is 0 Å². The first-order valence-corrected chi connectivity index (χ1v) is 8.45. The Bertz CT molecular complexity index is 782. The first kappa shape index (κ1) is 19.7. The van der Waals surface area contributed by atoms with Crippen molar-refractivity contribution in [3.8, 4) is 11.4 Å². The summed E-state index contributed by atoms with van der Waals surface area (Å²) in [6.45, 7) is 3.89. The van der Waals surface area contributed by atoms with E-state index in [0.717, 1.165) is 31.4 Å². The highest BCUT2D eigenvalue weighted by Gasteiger charge is 2.19. The Labute approximate surface area is 152 Å². The van der Waals surface area contributed by atoms with Gasteiger partial charge in [0.05, 0.1) is 18.5 Å². The lowest BCUT2D eigenvalue weighted by Gasteiger charge is -2.14. The summed E-state index contributed by atoms with van der Waals surface area (Å²) in [5.74, 6) is 0.613. The van der Waals surface area contributed by atoms with Crippen LogP contribution in [-0.2, 0) is 15.9 Å². The first-order valence-electron chi connectivity index (χ1n) is 8.45. The van der Waals surface area contributed by atoms with Crippen molar-refractivity contribution in [2.45, 2.75) is 33.1 Å². The predicted molar refractivity (Wildman–Crippen MR) is 96.1 cm³/mol. The fourth-order valence-electron chi connectivity index (χ4n) is 2.70. The molecule has 0 fully saturated rings. The molecular weight excluding hydrogens is 336 g/mol. The van der Waals surface area contributed by atoms with E-state index < -0.39 is 5.97 Å². The Morgan fingerprint density at radius 1 is 1.31 bits per heavy atom. The van der Waals surface area contributed by atoms with Gasteiger partial charge < -0.3 is 14.2 Å². The SMILES string of the molecule is CCCCc1nc(C)c(C=O)n1-c1ccc(C(=O)OC)c(OCOC)c1. The van der Waals surface area contributed by atoms with E-state index in [1.54, 1.807) is 29.7 Å². The molecule has 0 atom stereocenters. The standard InChI is InChI=1S/C19H24N2O5/c1-5-6-7-18-20-13(2)16(11-22)21(18)14-8-9-15(19(23)25-4)17(10-14)26-12-24-3/h8-11H,5-7,12H2,1-4H3. The minimum atomic E-state index is -0.508. The van der Waals surface area contributed by atoms with E-state index in [4.69, 9.17) is 14.2 Å². The lowest BCUT2D eigenvalue weighted by atomic mass is 10.1. The maximum absolute atomic E-state index is 12.0. The molecule has 0 saturated heterocycles. The molecule has 1 aromatic carbocycles. The third kappa shape index (κ3) is 4.11. The van der Waals surface area contributed by atoms with Crippen LogP contribution in [0.4, 0.5) is 0 Å². The number of carbonyl (C=O) groups excluding carboxylic acids is 2. The molecule has 1 aromatic heterocycles. The summed E-state index contributed by atoms with van der Waals surface area (Å²) in [6, 6.07) is 5.05. The first-order chi connectivity index (χ1) is 12.6. The molecule has 0 aliphatic rings. The summed E-state index contributed by atoms with van der Waals surface area (Å²) in [7, 11) is 2.80. The van der Waals surface area contributed by atoms with Crippen LogP contribution >= 0.6 is 0 Å². The van der Waals surface area contributed by atoms with Crippen LogP contribution in [0.5, 0.6) is 5.75 Å². The topological polar surface area (TPSA) is 79.7 Å². The molecule has 0 saturated carbocycles. The smallest absolute Gasteiger partial charge is 0.341 e. The number of nitrogens with zero attached hydrogens (tertiary/aromatic N) is 2. The van der Waals surface area contributed by atoms with E-state index >= 15 is 0 Å². The van der Waals surface area contributed by atoms with Crippen molar-refractivity contribution < 1.29 is 23.8 Å². The maximum atomic E-state index is 12.0. The van der Waals surface area contributed by atoms with Gasteiger partial charge in [0.1, 0.15) is 22.8 Å². The molecule has 0 amide bonds. The Morgan fingerprint density at radius 2 is 2.08 bits per heavy atom. The van der Waals surface area contributed by atoms with Crippen LogP contribution in [-0.4, -0.2) is 42.8 Å². The van der Waals surface area contributed by atoms with Crippen molar-refractivity contribution in [2.75, 3.05) is 21.0 Å². The second kappa shape index (κ2) is 9.15. The molecule has 0 aliphatic heterocycles. The highest BCUT2D eigenvalue weighted by atomic mass is 16.7. The van der Waals surface area contributed by atoms with Gasteiger partial charge in [-0.15, -0.1) is 0 Å². The number of rotatable bonds is 9. The molecule has 140 valence electrons. The zero-order chi connectivity index (χ0) is 19.1. The second-order valence-electron chi connectivity index (χ2n) is 5.78. The average molecular weight is 360 g/mol. The number of aldehydes is 1. The largest absolute Gasteiger partial charge is 0.467 e. The maximum Gasteiger partial charge on any atom is 0.341 e. The fourth-order valence-corrected chi connectivity index (χ4v) is 2.70. The number of aryl methyl sites for hydroxylation is 2. The van der Waals surface area contributed by atoms with Crippen LogP contribution in [0.3, 0.4) is 0 Å². The molecule has 0 aliphatic carbocycles. The van der Waals surface area contributed by atoms with Crippen LogP contribution in [0.15, 0.2) is 18.2 Å². The van der Waals surface area contributed by atoms with Gasteiger partial charge in [-0.05, 0) is 25.5 Å². The van der Waals surface area contributed by atoms with Crippen molar-refractivity contribution in [3.05, 3.63) is 41.0 Å². The number of imidazole rings is 1. The second-order valence-corrected chi connectivity index (χ2v) is 5.78. The molecule has 0 bridgehead atoms. The molecule has 2 rings (SSSR count). The van der Waals surface area contributed by atoms with Crippen molar-refractivity contribution >= 4 is 12.3 Å². The molecule has 0 unspecified atom stereocenters. The van der Waals surface area contributed by atoms with Crippen LogP contribution in [0.25, 0.3) is 5.69 Å². The van der Waals surface area contributed by atoms with Crippen molar-refractivity contribution in [1.29, 1.82) is 0 Å². The van der Waals surface area contributed by atoms with Gasteiger partial charge in [0.25, 0.3) is 0 Å². The quantitative estimate of drug-likeness (QED) is 0.388. The predicted octanol–water partition coefficient (Wildman–Crippen LogP) is 3.11. The summed E-state index contributed by atoms with van der Waals surface area (Å²) in [4.78, 5) is 28.1. The zero-order valence-electron chi connectivity index (χ0n) is 15.6. The van der Waals surface area contributed by atoms with Gasteiger partial charge in [0.15, 0.2) is 13.1 Å². The van der Waals surface area contributed by atoms with Gasteiger partial charge in [0.2, 0.25) is 0 Å². The highest BCUT2D eigenvalue weighted by molar-refractivity contribution is 5.93. The summed E-state index contributed by atoms with van der Waals surface area (Å²) in [6.07, 6.45) is 3.52. The average Bonchev–Trinajstić information content (AvgIpc) is 2.98. The minimum Gasteiger partial charge on any atom is -0.467 e. The molecule has 7 heteroatoms. The molecule has 2 aromatic rings. The van der Waals surface area contributed by atoms with Gasteiger partial charge in [0, 0.05) is 19.6 Å². The number of unbranched alkanes of at least 4 members (excludes halogenated alkanes) is 1. The highest BCUT2D eigenvalue weighted by Crippen LogP contribution is 2.26. The monoisotopic (exact) mass is 360 g/mol. The normalized spacial score (nSPS) is 10.6. The number of esters is 1. The van der Waals surface area contributed by atoms with E-state index in [1.807, 2.05) is 0 Å². The van der Waals surface area contributed by atoms with Gasteiger partial charge in [-0.3, -0.25) is 9.36 Å². The van der Waals surface area contributed by atoms with E-state index in [1.165, 1.54) is 14.2 Å². The number of benzene rings is 1. The molecule has 0 N–H and O–H groups in total. The van der Waals surface area contributed by atoms with E-state index in [9.17, 15) is 9.59 Å². The number of aromatic nitrogens is 2. The Morgan fingerprint density at radius 3 is 2.69 bits per heavy atom. The molecule has 0 spiro atoms. The van der Waals surface area contributed by atoms with Crippen LogP contribution in [0.2, 0.25) is 0 Å². The van der Waals surface area contributed by atoms with Gasteiger partial charge >= 0.3 is 5.97 Å². The van der Waals surface area contributed by atoms with E-state index in [-0.39, 0.29) is 12.4 Å². The van der Waals surface area contributed by atoms with Gasteiger partial charge in [-0.1, -0.05) is 13.3 Å². The third-order valence-electron chi connectivity index (χ3n) is 3.99. The van der Waals surface area contributed by atoms with Crippen molar-refractivity contribution in [1.82, 2.24) is 9.55 Å². The molecular formula is C19H24N2O5. The number of hydrogen-bond donors (Lipinski definition) is 0. The number of carbonyl (C=O) groups is 2. The molecule has 1 heterocycles. The Kier molecular flexibility index (Phi) is 6.91. The van der Waals surface area contributed by atoms with Crippen molar-refractivity contribution in [2.24, 2.45) is 0 Å². The van der Waals surface area contributed by atoms with Crippen LogP contribution in [0.1, 0.15) is 52.1 Å².